The van der Waals surface area contributed by atoms with Gasteiger partial charge in [-0.3, -0.25) is 9.59 Å². The largest absolute Gasteiger partial charge is 0.369 e. The lowest BCUT2D eigenvalue weighted by molar-refractivity contribution is -0.117. The number of ketones is 1. The number of hydrogen-bond donors (Lipinski definition) is 1. The summed E-state index contributed by atoms with van der Waals surface area (Å²) in [7, 11) is 0. The molecule has 0 unspecified atom stereocenters. The van der Waals surface area contributed by atoms with Crippen molar-refractivity contribution in [3.63, 3.8) is 0 Å². The molecule has 0 fully saturated rings. The van der Waals surface area contributed by atoms with Gasteiger partial charge in [0.2, 0.25) is 5.91 Å². The Bertz CT molecular complexity index is 332. The Morgan fingerprint density at radius 1 is 1.21 bits per heavy atom. The van der Waals surface area contributed by atoms with Crippen LogP contribution in [0.2, 0.25) is 0 Å². The smallest absolute Gasteiger partial charge is 0.221 e. The quantitative estimate of drug-likeness (QED) is 0.771. The van der Waals surface area contributed by atoms with Gasteiger partial charge in [0, 0.05) is 5.56 Å². The summed E-state index contributed by atoms with van der Waals surface area (Å²) in [5.41, 5.74) is 6.49. The van der Waals surface area contributed by atoms with Crippen LogP contribution in [0.15, 0.2) is 24.3 Å². The van der Waals surface area contributed by atoms with E-state index in [1.807, 2.05) is 0 Å². The van der Waals surface area contributed by atoms with Crippen LogP contribution in [0.1, 0.15) is 22.8 Å². The van der Waals surface area contributed by atoms with Gasteiger partial charge in [0.1, 0.15) is 0 Å². The van der Waals surface area contributed by atoms with Crippen LogP contribution in [0.25, 0.3) is 0 Å². The maximum Gasteiger partial charge on any atom is 0.221 e. The fraction of sp³-hybridized carbons (Fsp3) is 0.200. The lowest BCUT2D eigenvalue weighted by Gasteiger charge is -1.98. The minimum Gasteiger partial charge on any atom is -0.369 e. The van der Waals surface area contributed by atoms with Crippen molar-refractivity contribution in [2.45, 2.75) is 13.3 Å². The molecule has 0 aliphatic heterocycles. The van der Waals surface area contributed by atoms with Crippen LogP contribution < -0.4 is 5.73 Å². The van der Waals surface area contributed by atoms with Crippen molar-refractivity contribution < 1.29 is 9.59 Å². The first kappa shape index (κ1) is 12.7. The number of rotatable bonds is 3. The summed E-state index contributed by atoms with van der Waals surface area (Å²) in [5.74, 6) is -0.346. The second-order valence-electron chi connectivity index (χ2n) is 2.90. The summed E-state index contributed by atoms with van der Waals surface area (Å²) in [4.78, 5) is 21.4. The average molecular weight is 214 g/mol. The van der Waals surface area contributed by atoms with Crippen LogP contribution in [0, 0.1) is 0 Å². The van der Waals surface area contributed by atoms with E-state index < -0.39 is 0 Å². The molecule has 0 aliphatic carbocycles. The molecule has 76 valence electrons. The van der Waals surface area contributed by atoms with Gasteiger partial charge in [0.15, 0.2) is 5.78 Å². The molecule has 1 amide bonds. The zero-order chi connectivity index (χ0) is 9.84. The first-order valence-electron chi connectivity index (χ1n) is 3.98. The van der Waals surface area contributed by atoms with Crippen LogP contribution in [0.3, 0.4) is 0 Å². The molecule has 0 bridgehead atoms. The van der Waals surface area contributed by atoms with Crippen molar-refractivity contribution >= 4 is 24.1 Å². The Balaban J connectivity index is 0.00000169. The Kier molecular flexibility index (Phi) is 4.87. The minimum atomic E-state index is -0.365. The van der Waals surface area contributed by atoms with Gasteiger partial charge in [-0.1, -0.05) is 24.3 Å². The summed E-state index contributed by atoms with van der Waals surface area (Å²) in [6, 6.07) is 6.87. The number of primary amides is 1. The number of amides is 1. The van der Waals surface area contributed by atoms with Gasteiger partial charge in [-0.15, -0.1) is 12.4 Å². The zero-order valence-corrected chi connectivity index (χ0v) is 8.64. The summed E-state index contributed by atoms with van der Waals surface area (Å²) >= 11 is 0. The Morgan fingerprint density at radius 2 is 1.71 bits per heavy atom. The number of carbonyl (C=O) groups is 2. The molecule has 0 saturated heterocycles. The van der Waals surface area contributed by atoms with E-state index >= 15 is 0 Å². The maximum absolute atomic E-state index is 10.9. The summed E-state index contributed by atoms with van der Waals surface area (Å²) in [5, 5.41) is 0. The monoisotopic (exact) mass is 213 g/mol. The number of halogens is 1. The first-order valence-corrected chi connectivity index (χ1v) is 3.98. The third kappa shape index (κ3) is 3.58. The number of carbonyl (C=O) groups excluding carboxylic acids is 2. The molecule has 0 saturated carbocycles. The molecule has 0 heterocycles. The van der Waals surface area contributed by atoms with E-state index in [4.69, 9.17) is 5.73 Å². The van der Waals surface area contributed by atoms with E-state index in [-0.39, 0.29) is 30.5 Å². The van der Waals surface area contributed by atoms with Crippen molar-refractivity contribution in [2.75, 3.05) is 0 Å². The molecule has 2 N–H and O–H groups in total. The van der Waals surface area contributed by atoms with Crippen molar-refractivity contribution in [3.8, 4) is 0 Å². The molecular weight excluding hydrogens is 202 g/mol. The lowest BCUT2D eigenvalue weighted by Crippen LogP contribution is -2.13. The first-order chi connectivity index (χ1) is 6.09. The highest BCUT2D eigenvalue weighted by Gasteiger charge is 2.00. The average Bonchev–Trinajstić information content (AvgIpc) is 2.04. The topological polar surface area (TPSA) is 60.2 Å². The van der Waals surface area contributed by atoms with Crippen molar-refractivity contribution in [1.82, 2.24) is 0 Å². The highest BCUT2D eigenvalue weighted by Crippen LogP contribution is 2.05. The number of benzene rings is 1. The molecule has 14 heavy (non-hydrogen) atoms. The fourth-order valence-electron chi connectivity index (χ4n) is 1.06. The SMILES string of the molecule is CC(=O)c1ccc(CC(N)=O)cc1.Cl. The predicted molar refractivity (Wildman–Crippen MR) is 56.6 cm³/mol. The van der Waals surface area contributed by atoms with Gasteiger partial charge >= 0.3 is 0 Å². The van der Waals surface area contributed by atoms with Gasteiger partial charge in [-0.2, -0.15) is 0 Å². The lowest BCUT2D eigenvalue weighted by atomic mass is 10.1. The van der Waals surface area contributed by atoms with Crippen molar-refractivity contribution in [3.05, 3.63) is 35.4 Å². The molecule has 1 rings (SSSR count). The molecule has 0 aliphatic rings. The van der Waals surface area contributed by atoms with E-state index in [0.717, 1.165) is 5.56 Å². The van der Waals surface area contributed by atoms with E-state index in [0.29, 0.717) is 5.56 Å². The second-order valence-corrected chi connectivity index (χ2v) is 2.90. The Hall–Kier alpha value is -1.35. The second kappa shape index (κ2) is 5.40. The van der Waals surface area contributed by atoms with Crippen molar-refractivity contribution in [1.29, 1.82) is 0 Å². The third-order valence-corrected chi connectivity index (χ3v) is 1.74. The summed E-state index contributed by atoms with van der Waals surface area (Å²) < 4.78 is 0. The maximum atomic E-state index is 10.9. The van der Waals surface area contributed by atoms with Crippen LogP contribution in [0.4, 0.5) is 0 Å². The van der Waals surface area contributed by atoms with E-state index in [9.17, 15) is 9.59 Å². The molecule has 0 aromatic heterocycles. The van der Waals surface area contributed by atoms with Gasteiger partial charge in [-0.05, 0) is 12.5 Å². The van der Waals surface area contributed by atoms with E-state index in [1.54, 1.807) is 24.3 Å². The zero-order valence-electron chi connectivity index (χ0n) is 7.82. The van der Waals surface area contributed by atoms with E-state index in [2.05, 4.69) is 0 Å². The number of nitrogens with two attached hydrogens (primary N) is 1. The van der Waals surface area contributed by atoms with Crippen LogP contribution in [-0.4, -0.2) is 11.7 Å². The van der Waals surface area contributed by atoms with Crippen LogP contribution in [0.5, 0.6) is 0 Å². The molecule has 4 heteroatoms. The highest BCUT2D eigenvalue weighted by molar-refractivity contribution is 5.94. The molecule has 1 aromatic carbocycles. The molecule has 1 aromatic rings. The van der Waals surface area contributed by atoms with E-state index in [1.165, 1.54) is 6.92 Å². The highest BCUT2D eigenvalue weighted by atomic mass is 35.5. The molecule has 0 spiro atoms. The Morgan fingerprint density at radius 3 is 2.07 bits per heavy atom. The van der Waals surface area contributed by atoms with Gasteiger partial charge in [-0.25, -0.2) is 0 Å². The van der Waals surface area contributed by atoms with Crippen molar-refractivity contribution in [2.24, 2.45) is 5.73 Å². The van der Waals surface area contributed by atoms with Gasteiger partial charge < -0.3 is 5.73 Å². The standard InChI is InChI=1S/C10H11NO2.ClH/c1-7(12)9-4-2-8(3-5-9)6-10(11)13;/h2-5H,6H2,1H3,(H2,11,13);1H. The normalized spacial score (nSPS) is 8.93. The van der Waals surface area contributed by atoms with Gasteiger partial charge in [0.05, 0.1) is 6.42 Å². The third-order valence-electron chi connectivity index (χ3n) is 1.74. The Labute approximate surface area is 88.7 Å². The van der Waals surface area contributed by atoms with Crippen LogP contribution in [-0.2, 0) is 11.2 Å². The summed E-state index contributed by atoms with van der Waals surface area (Å²) in [6.07, 6.45) is 0.220. The van der Waals surface area contributed by atoms with Gasteiger partial charge in [0.25, 0.3) is 0 Å². The fourth-order valence-corrected chi connectivity index (χ4v) is 1.06. The number of hydrogen-bond acceptors (Lipinski definition) is 2. The number of Topliss-reactive ketones (excluding diaryl/α,β-unsaturated/α-hetero) is 1. The molecule has 0 radical (unpaired) electrons. The molecule has 0 atom stereocenters. The minimum absolute atomic E-state index is 0. The molecule has 3 nitrogen and oxygen atoms in total. The molecular formula is C10H12ClNO2. The van der Waals surface area contributed by atoms with Crippen LogP contribution >= 0.6 is 12.4 Å². The predicted octanol–water partition coefficient (Wildman–Crippen LogP) is 1.34. The summed E-state index contributed by atoms with van der Waals surface area (Å²) in [6.45, 7) is 1.50.